The molecule has 0 aliphatic rings. The largest absolute Gasteiger partial charge is 0.448 e. The van der Waals surface area contributed by atoms with E-state index in [-0.39, 0.29) is 4.90 Å². The summed E-state index contributed by atoms with van der Waals surface area (Å²) in [6, 6.07) is 13.6. The number of sulfonamides is 1. The van der Waals surface area contributed by atoms with E-state index in [4.69, 9.17) is 16.3 Å². The van der Waals surface area contributed by atoms with Gasteiger partial charge < -0.3 is 10.1 Å². The second-order valence-electron chi connectivity index (χ2n) is 8.91. The number of aromatic nitrogens is 2. The summed E-state index contributed by atoms with van der Waals surface area (Å²) in [6.07, 6.45) is -1.12. The molecule has 39 heavy (non-hydrogen) atoms. The third kappa shape index (κ3) is 5.86. The predicted molar refractivity (Wildman–Crippen MR) is 153 cm³/mol. The van der Waals surface area contributed by atoms with Gasteiger partial charge >= 0.3 is 5.97 Å². The van der Waals surface area contributed by atoms with Crippen molar-refractivity contribution in [2.24, 2.45) is 0 Å². The van der Waals surface area contributed by atoms with Gasteiger partial charge in [0.2, 0.25) is 10.0 Å². The molecule has 0 fully saturated rings. The topological polar surface area (TPSA) is 111 Å². The first-order chi connectivity index (χ1) is 18.5. The van der Waals surface area contributed by atoms with Crippen LogP contribution in [0.3, 0.4) is 0 Å². The third-order valence-corrected chi connectivity index (χ3v) is 9.78. The number of carbonyl (C=O) groups excluding carboxylic acids is 2. The number of fused-ring (bicyclic) bond motifs is 1. The molecule has 2 aromatic heterocycles. The van der Waals surface area contributed by atoms with E-state index in [1.54, 1.807) is 55.8 Å². The molecule has 0 spiro atoms. The number of carbonyl (C=O) groups is 2. The van der Waals surface area contributed by atoms with Gasteiger partial charge in [0.1, 0.15) is 9.71 Å². The first-order valence-electron chi connectivity index (χ1n) is 12.3. The SMILES string of the molecule is CCN(CC)S(=O)(=O)c1cc(NC(=O)[C@H](C)OC(=O)c2cc3c(C)nn(-c4ccc(Cl)cc4)c3s2)ccc1C. The van der Waals surface area contributed by atoms with Gasteiger partial charge in [-0.15, -0.1) is 11.3 Å². The summed E-state index contributed by atoms with van der Waals surface area (Å²) in [6.45, 7) is 9.21. The second kappa shape index (κ2) is 11.5. The molecular formula is C27H29ClN4O5S2. The maximum Gasteiger partial charge on any atom is 0.349 e. The number of anilines is 1. The summed E-state index contributed by atoms with van der Waals surface area (Å²) in [7, 11) is -3.72. The molecule has 0 aliphatic heterocycles. The summed E-state index contributed by atoms with van der Waals surface area (Å²) < 4.78 is 34.6. The maximum atomic E-state index is 13.0. The molecule has 2 aromatic carbocycles. The van der Waals surface area contributed by atoms with Crippen molar-refractivity contribution in [3.8, 4) is 5.69 Å². The highest BCUT2D eigenvalue weighted by molar-refractivity contribution is 7.89. The molecule has 0 saturated carbocycles. The molecule has 1 N–H and O–H groups in total. The Morgan fingerprint density at radius 1 is 1.10 bits per heavy atom. The van der Waals surface area contributed by atoms with Crippen LogP contribution in [0.15, 0.2) is 53.4 Å². The van der Waals surface area contributed by atoms with Crippen LogP contribution in [0.2, 0.25) is 5.02 Å². The number of ether oxygens (including phenoxy) is 1. The van der Waals surface area contributed by atoms with E-state index in [1.165, 1.54) is 28.6 Å². The van der Waals surface area contributed by atoms with Crippen LogP contribution in [-0.4, -0.2) is 53.6 Å². The summed E-state index contributed by atoms with van der Waals surface area (Å²) >= 11 is 7.22. The number of hydrogen-bond acceptors (Lipinski definition) is 7. The molecule has 0 unspecified atom stereocenters. The van der Waals surface area contributed by atoms with Crippen LogP contribution < -0.4 is 5.32 Å². The minimum absolute atomic E-state index is 0.115. The number of nitrogens with one attached hydrogen (secondary N) is 1. The molecule has 4 aromatic rings. The van der Waals surface area contributed by atoms with Gasteiger partial charge in [-0.1, -0.05) is 31.5 Å². The van der Waals surface area contributed by atoms with Crippen LogP contribution in [-0.2, 0) is 19.6 Å². The standard InChI is InChI=1S/C27H29ClN4O5S2/c1-6-31(7-2)39(35,36)24-14-20(11-8-16(24)3)29-25(33)18(5)37-27(34)23-15-22-17(4)30-32(26(22)38-23)21-12-9-19(28)10-13-21/h8-15,18H,6-7H2,1-5H3,(H,29,33)/t18-/m0/s1. The molecule has 12 heteroatoms. The fraction of sp³-hybridized carbons (Fsp3) is 0.296. The number of thiophene rings is 1. The zero-order valence-electron chi connectivity index (χ0n) is 22.2. The molecule has 1 amide bonds. The highest BCUT2D eigenvalue weighted by Gasteiger charge is 2.26. The van der Waals surface area contributed by atoms with Crippen molar-refractivity contribution in [1.29, 1.82) is 0 Å². The van der Waals surface area contributed by atoms with Gasteiger partial charge in [0, 0.05) is 29.2 Å². The Morgan fingerprint density at radius 2 is 1.77 bits per heavy atom. The molecular weight excluding hydrogens is 560 g/mol. The quantitative estimate of drug-likeness (QED) is 0.256. The number of amides is 1. The Morgan fingerprint density at radius 3 is 2.41 bits per heavy atom. The highest BCUT2D eigenvalue weighted by atomic mass is 35.5. The van der Waals surface area contributed by atoms with Crippen LogP contribution in [0.4, 0.5) is 5.69 Å². The van der Waals surface area contributed by atoms with Gasteiger partial charge in [0.05, 0.1) is 16.3 Å². The highest BCUT2D eigenvalue weighted by Crippen LogP contribution is 2.31. The van der Waals surface area contributed by atoms with Crippen molar-refractivity contribution in [3.05, 3.63) is 69.7 Å². The van der Waals surface area contributed by atoms with Gasteiger partial charge in [-0.3, -0.25) is 4.79 Å². The Bertz CT molecular complexity index is 1640. The minimum Gasteiger partial charge on any atom is -0.448 e. The number of halogens is 1. The summed E-state index contributed by atoms with van der Waals surface area (Å²) in [5.74, 6) is -1.22. The van der Waals surface area contributed by atoms with E-state index < -0.39 is 28.0 Å². The van der Waals surface area contributed by atoms with E-state index in [1.807, 2.05) is 19.1 Å². The molecule has 1 atom stereocenters. The Hall–Kier alpha value is -3.25. The van der Waals surface area contributed by atoms with Crippen LogP contribution in [0.5, 0.6) is 0 Å². The van der Waals surface area contributed by atoms with Crippen molar-refractivity contribution >= 4 is 60.7 Å². The van der Waals surface area contributed by atoms with Gasteiger partial charge in [-0.2, -0.15) is 9.40 Å². The average molecular weight is 589 g/mol. The lowest BCUT2D eigenvalue weighted by atomic mass is 10.2. The van der Waals surface area contributed by atoms with Gasteiger partial charge in [0.25, 0.3) is 5.91 Å². The van der Waals surface area contributed by atoms with Crippen molar-refractivity contribution < 1.29 is 22.7 Å². The molecule has 9 nitrogen and oxygen atoms in total. The number of esters is 1. The van der Waals surface area contributed by atoms with Crippen molar-refractivity contribution in [1.82, 2.24) is 14.1 Å². The fourth-order valence-electron chi connectivity index (χ4n) is 4.08. The van der Waals surface area contributed by atoms with E-state index in [9.17, 15) is 18.0 Å². The van der Waals surface area contributed by atoms with Crippen molar-refractivity contribution in [2.45, 2.75) is 45.6 Å². The second-order valence-corrected chi connectivity index (χ2v) is 12.3. The first kappa shape index (κ1) is 28.8. The Kier molecular flexibility index (Phi) is 8.45. The monoisotopic (exact) mass is 588 g/mol. The van der Waals surface area contributed by atoms with E-state index in [2.05, 4.69) is 10.4 Å². The van der Waals surface area contributed by atoms with Crippen LogP contribution in [0.1, 0.15) is 41.7 Å². The molecule has 0 aliphatic carbocycles. The number of nitrogens with zero attached hydrogens (tertiary/aromatic N) is 3. The number of benzene rings is 2. The lowest BCUT2D eigenvalue weighted by Gasteiger charge is -2.20. The minimum atomic E-state index is -3.72. The smallest absolute Gasteiger partial charge is 0.349 e. The van der Waals surface area contributed by atoms with E-state index in [0.717, 1.165) is 21.6 Å². The third-order valence-electron chi connectivity index (χ3n) is 6.25. The molecule has 4 rings (SSSR count). The van der Waals surface area contributed by atoms with E-state index >= 15 is 0 Å². The molecule has 2 heterocycles. The zero-order chi connectivity index (χ0) is 28.5. The van der Waals surface area contributed by atoms with Crippen LogP contribution >= 0.6 is 22.9 Å². The molecule has 0 saturated heterocycles. The number of hydrogen-bond donors (Lipinski definition) is 1. The van der Waals surface area contributed by atoms with Gasteiger partial charge in [-0.05, 0) is 68.8 Å². The molecule has 206 valence electrons. The molecule has 0 bridgehead atoms. The molecule has 0 radical (unpaired) electrons. The van der Waals surface area contributed by atoms with Crippen LogP contribution in [0.25, 0.3) is 15.9 Å². The van der Waals surface area contributed by atoms with Crippen LogP contribution in [0, 0.1) is 13.8 Å². The maximum absolute atomic E-state index is 13.0. The summed E-state index contributed by atoms with van der Waals surface area (Å²) in [5.41, 5.74) is 2.40. The summed E-state index contributed by atoms with van der Waals surface area (Å²) in [4.78, 5) is 27.0. The Labute approximate surface area is 236 Å². The lowest BCUT2D eigenvalue weighted by molar-refractivity contribution is -0.123. The number of aryl methyl sites for hydroxylation is 2. The van der Waals surface area contributed by atoms with Crippen molar-refractivity contribution in [3.63, 3.8) is 0 Å². The predicted octanol–water partition coefficient (Wildman–Crippen LogP) is 5.57. The normalized spacial score (nSPS) is 12.6. The van der Waals surface area contributed by atoms with E-state index in [0.29, 0.717) is 34.2 Å². The van der Waals surface area contributed by atoms with Gasteiger partial charge in [-0.25, -0.2) is 17.9 Å². The lowest BCUT2D eigenvalue weighted by Crippen LogP contribution is -2.32. The number of rotatable bonds is 9. The van der Waals surface area contributed by atoms with Gasteiger partial charge in [0.15, 0.2) is 6.10 Å². The van der Waals surface area contributed by atoms with Crippen molar-refractivity contribution in [2.75, 3.05) is 18.4 Å². The zero-order valence-corrected chi connectivity index (χ0v) is 24.6. The summed E-state index contributed by atoms with van der Waals surface area (Å²) in [5, 5.41) is 8.63. The Balaban J connectivity index is 1.50. The first-order valence-corrected chi connectivity index (χ1v) is 15.0. The average Bonchev–Trinajstić information content (AvgIpc) is 3.47. The fourth-order valence-corrected chi connectivity index (χ4v) is 6.98.